The van der Waals surface area contributed by atoms with Gasteiger partial charge in [-0.3, -0.25) is 19.0 Å². The van der Waals surface area contributed by atoms with Gasteiger partial charge in [0.15, 0.2) is 5.16 Å². The van der Waals surface area contributed by atoms with E-state index in [1.165, 1.54) is 28.9 Å². The number of hydrogen-bond acceptors (Lipinski definition) is 7. The fraction of sp³-hybridized carbons (Fsp3) is 0.280. The van der Waals surface area contributed by atoms with E-state index < -0.39 is 0 Å². The van der Waals surface area contributed by atoms with Gasteiger partial charge in [-0.05, 0) is 55.8 Å². The molecule has 0 saturated carbocycles. The van der Waals surface area contributed by atoms with Crippen molar-refractivity contribution in [1.29, 1.82) is 0 Å². The number of furan rings is 2. The number of fused-ring (bicyclic) bond motifs is 1. The second-order valence-electron chi connectivity index (χ2n) is 8.02. The second kappa shape index (κ2) is 11.1. The van der Waals surface area contributed by atoms with Crippen LogP contribution in [0, 0.1) is 0 Å². The molecule has 10 heteroatoms. The molecule has 2 N–H and O–H groups in total. The average molecular weight is 495 g/mol. The number of aromatic nitrogens is 2. The van der Waals surface area contributed by atoms with E-state index in [9.17, 15) is 14.4 Å². The standard InChI is InChI=1S/C25H26N4O5S/c1-3-16(2)27-22(30)15-35-25-28-21-12-17(23(31)26-13-18-6-4-10-33-18)8-9-20(21)24(32)29(25)14-19-7-5-11-34-19/h4-12,16H,3,13-15H2,1-2H3,(H,26,31)(H,27,30). The number of benzene rings is 1. The third-order valence-corrected chi connectivity index (χ3v) is 6.41. The van der Waals surface area contributed by atoms with Crippen LogP contribution in [0.3, 0.4) is 0 Å². The molecule has 0 aliphatic carbocycles. The third kappa shape index (κ3) is 6.02. The van der Waals surface area contributed by atoms with Gasteiger partial charge in [-0.25, -0.2) is 4.98 Å². The van der Waals surface area contributed by atoms with E-state index in [-0.39, 0.29) is 42.3 Å². The number of nitrogens with one attached hydrogen (secondary N) is 2. The molecule has 1 unspecified atom stereocenters. The van der Waals surface area contributed by atoms with Gasteiger partial charge in [-0.2, -0.15) is 0 Å². The molecule has 0 radical (unpaired) electrons. The van der Waals surface area contributed by atoms with Crippen molar-refractivity contribution in [3.05, 3.63) is 82.4 Å². The number of nitrogens with zero attached hydrogens (tertiary/aromatic N) is 2. The van der Waals surface area contributed by atoms with Gasteiger partial charge in [-0.15, -0.1) is 0 Å². The van der Waals surface area contributed by atoms with Crippen LogP contribution in [-0.4, -0.2) is 33.2 Å². The van der Waals surface area contributed by atoms with Crippen molar-refractivity contribution in [2.24, 2.45) is 0 Å². The summed E-state index contributed by atoms with van der Waals surface area (Å²) >= 11 is 1.17. The molecule has 0 saturated heterocycles. The lowest BCUT2D eigenvalue weighted by molar-refractivity contribution is -0.119. The molecule has 0 spiro atoms. The molecule has 9 nitrogen and oxygen atoms in total. The molecule has 35 heavy (non-hydrogen) atoms. The van der Waals surface area contributed by atoms with Crippen molar-refractivity contribution < 1.29 is 18.4 Å². The van der Waals surface area contributed by atoms with E-state index in [1.807, 2.05) is 13.8 Å². The van der Waals surface area contributed by atoms with Crippen molar-refractivity contribution in [2.75, 3.05) is 5.75 Å². The largest absolute Gasteiger partial charge is 0.467 e. The van der Waals surface area contributed by atoms with E-state index in [0.717, 1.165) is 6.42 Å². The summed E-state index contributed by atoms with van der Waals surface area (Å²) in [6.07, 6.45) is 3.89. The minimum Gasteiger partial charge on any atom is -0.467 e. The maximum absolute atomic E-state index is 13.4. The summed E-state index contributed by atoms with van der Waals surface area (Å²) in [6, 6.07) is 11.8. The van der Waals surface area contributed by atoms with Crippen LogP contribution < -0.4 is 16.2 Å². The van der Waals surface area contributed by atoms with Crippen molar-refractivity contribution in [3.8, 4) is 0 Å². The first-order valence-corrected chi connectivity index (χ1v) is 12.2. The zero-order valence-corrected chi connectivity index (χ0v) is 20.3. The zero-order chi connectivity index (χ0) is 24.8. The summed E-state index contributed by atoms with van der Waals surface area (Å²) in [4.78, 5) is 43.0. The van der Waals surface area contributed by atoms with E-state index in [2.05, 4.69) is 15.6 Å². The van der Waals surface area contributed by atoms with Gasteiger partial charge in [0.25, 0.3) is 11.5 Å². The lowest BCUT2D eigenvalue weighted by Gasteiger charge is -2.14. The molecule has 3 aromatic heterocycles. The molecule has 1 atom stereocenters. The zero-order valence-electron chi connectivity index (χ0n) is 19.4. The lowest BCUT2D eigenvalue weighted by atomic mass is 10.1. The van der Waals surface area contributed by atoms with Crippen LogP contribution in [0.15, 0.2) is 73.8 Å². The van der Waals surface area contributed by atoms with Crippen molar-refractivity contribution >= 4 is 34.5 Å². The van der Waals surface area contributed by atoms with Gasteiger partial charge in [-0.1, -0.05) is 18.7 Å². The van der Waals surface area contributed by atoms with Crippen LogP contribution >= 0.6 is 11.8 Å². The van der Waals surface area contributed by atoms with Crippen LogP contribution in [-0.2, 0) is 17.9 Å². The highest BCUT2D eigenvalue weighted by atomic mass is 32.2. The summed E-state index contributed by atoms with van der Waals surface area (Å²) in [5, 5.41) is 6.43. The lowest BCUT2D eigenvalue weighted by Crippen LogP contribution is -2.33. The van der Waals surface area contributed by atoms with E-state index in [1.54, 1.807) is 42.5 Å². The van der Waals surface area contributed by atoms with E-state index in [4.69, 9.17) is 8.83 Å². The molecule has 3 heterocycles. The minimum absolute atomic E-state index is 0.0558. The summed E-state index contributed by atoms with van der Waals surface area (Å²) in [6.45, 7) is 4.35. The van der Waals surface area contributed by atoms with Crippen LogP contribution in [0.1, 0.15) is 42.1 Å². The van der Waals surface area contributed by atoms with Crippen molar-refractivity contribution in [1.82, 2.24) is 20.2 Å². The van der Waals surface area contributed by atoms with Gasteiger partial charge in [0.05, 0.1) is 42.3 Å². The number of carbonyl (C=O) groups is 2. The number of carbonyl (C=O) groups excluding carboxylic acids is 2. The Hall–Kier alpha value is -3.79. The topological polar surface area (TPSA) is 119 Å². The number of amides is 2. The van der Waals surface area contributed by atoms with E-state index in [0.29, 0.717) is 33.1 Å². The van der Waals surface area contributed by atoms with Crippen LogP contribution in [0.2, 0.25) is 0 Å². The average Bonchev–Trinajstić information content (AvgIpc) is 3.57. The van der Waals surface area contributed by atoms with E-state index >= 15 is 0 Å². The van der Waals surface area contributed by atoms with Crippen LogP contribution in [0.5, 0.6) is 0 Å². The molecule has 2 amide bonds. The van der Waals surface area contributed by atoms with Gasteiger partial charge < -0.3 is 19.5 Å². The molecule has 182 valence electrons. The first-order chi connectivity index (χ1) is 16.9. The predicted molar refractivity (Wildman–Crippen MR) is 132 cm³/mol. The molecular weight excluding hydrogens is 468 g/mol. The number of thioether (sulfide) groups is 1. The summed E-state index contributed by atoms with van der Waals surface area (Å²) in [5.41, 5.74) is 0.463. The Labute approximate surface area is 205 Å². The Balaban J connectivity index is 1.63. The van der Waals surface area contributed by atoms with Crippen LogP contribution in [0.25, 0.3) is 10.9 Å². The molecule has 0 fully saturated rings. The Morgan fingerprint density at radius 1 is 1.11 bits per heavy atom. The molecule has 0 aliphatic rings. The molecular formula is C25H26N4O5S. The normalized spacial score (nSPS) is 11.9. The van der Waals surface area contributed by atoms with Gasteiger partial charge in [0.1, 0.15) is 11.5 Å². The maximum Gasteiger partial charge on any atom is 0.262 e. The fourth-order valence-corrected chi connectivity index (χ4v) is 4.19. The Bertz CT molecular complexity index is 1360. The van der Waals surface area contributed by atoms with Crippen molar-refractivity contribution in [3.63, 3.8) is 0 Å². The molecule has 0 bridgehead atoms. The Morgan fingerprint density at radius 2 is 1.86 bits per heavy atom. The smallest absolute Gasteiger partial charge is 0.262 e. The second-order valence-corrected chi connectivity index (χ2v) is 8.97. The first-order valence-electron chi connectivity index (χ1n) is 11.2. The highest BCUT2D eigenvalue weighted by Gasteiger charge is 2.17. The number of hydrogen-bond donors (Lipinski definition) is 2. The maximum atomic E-state index is 13.4. The summed E-state index contributed by atoms with van der Waals surface area (Å²) < 4.78 is 12.1. The Kier molecular flexibility index (Phi) is 7.71. The monoisotopic (exact) mass is 494 g/mol. The quantitative estimate of drug-likeness (QED) is 0.255. The molecule has 1 aromatic carbocycles. The Morgan fingerprint density at radius 3 is 2.54 bits per heavy atom. The third-order valence-electron chi connectivity index (χ3n) is 5.43. The molecule has 0 aliphatic heterocycles. The van der Waals surface area contributed by atoms with Gasteiger partial charge >= 0.3 is 0 Å². The molecule has 4 aromatic rings. The van der Waals surface area contributed by atoms with Gasteiger partial charge in [0, 0.05) is 11.6 Å². The summed E-state index contributed by atoms with van der Waals surface area (Å²) in [7, 11) is 0. The number of rotatable bonds is 10. The predicted octanol–water partition coefficient (Wildman–Crippen LogP) is 3.57. The van der Waals surface area contributed by atoms with Gasteiger partial charge in [0.2, 0.25) is 5.91 Å². The SMILES string of the molecule is CCC(C)NC(=O)CSc1nc2cc(C(=O)NCc3ccco3)ccc2c(=O)n1Cc1ccco1. The van der Waals surface area contributed by atoms with Crippen molar-refractivity contribution in [2.45, 2.75) is 44.6 Å². The molecule has 4 rings (SSSR count). The fourth-order valence-electron chi connectivity index (χ4n) is 3.38. The minimum atomic E-state index is -0.313. The first kappa shape index (κ1) is 24.3. The highest BCUT2D eigenvalue weighted by Crippen LogP contribution is 2.20. The summed E-state index contributed by atoms with van der Waals surface area (Å²) in [5.74, 6) is 0.867. The highest BCUT2D eigenvalue weighted by molar-refractivity contribution is 7.99. The van der Waals surface area contributed by atoms with Crippen LogP contribution in [0.4, 0.5) is 0 Å².